The van der Waals surface area contributed by atoms with Gasteiger partial charge >= 0.3 is 18.9 Å². The largest absolute Gasteiger partial charge is 1.00 e. The minimum Gasteiger partial charge on any atom is -0.427 e. The number of halogens is 2. The second kappa shape index (κ2) is 9.13. The summed E-state index contributed by atoms with van der Waals surface area (Å²) in [7, 11) is 0.785. The molecule has 5 heavy (non-hydrogen) atoms. The molecule has 0 radical (unpaired) electrons. The van der Waals surface area contributed by atoms with Crippen LogP contribution >= 0.6 is 30.3 Å². The van der Waals surface area contributed by atoms with Gasteiger partial charge in [-0.1, -0.05) is 0 Å². The van der Waals surface area contributed by atoms with Gasteiger partial charge in [0.25, 0.3) is 0 Å². The fraction of sp³-hybridized carbons (Fsp3) is 0. The van der Waals surface area contributed by atoms with Gasteiger partial charge in [-0.15, -0.1) is 0 Å². The molecule has 1 nitrogen and oxygen atoms in total. The van der Waals surface area contributed by atoms with Crippen LogP contribution in [0.15, 0.2) is 0 Å². The Balaban J connectivity index is 0. The molecule has 0 rings (SSSR count). The molecule has 0 aliphatic heterocycles. The van der Waals surface area contributed by atoms with E-state index in [0.717, 1.165) is 9.12 Å². The Hall–Kier alpha value is 1.57. The topological polar surface area (TPSA) is 14.1 Å². The van der Waals surface area contributed by atoms with Crippen LogP contribution in [0.25, 0.3) is 4.94 Å². The van der Waals surface area contributed by atoms with E-state index in [1.54, 1.807) is 21.2 Å². The molecular weight excluding hydrogens is 199 g/mol. The van der Waals surface area contributed by atoms with E-state index >= 15 is 0 Å². The summed E-state index contributed by atoms with van der Waals surface area (Å²) in [6.45, 7) is 0. The molecule has 0 fully saturated rings. The van der Waals surface area contributed by atoms with Crippen LogP contribution in [-0.4, -0.2) is 0 Å². The first-order valence-electron chi connectivity index (χ1n) is 0.506. The van der Waals surface area contributed by atoms with Crippen LogP contribution in [0.5, 0.6) is 0 Å². The summed E-state index contributed by atoms with van der Waals surface area (Å²) in [6.07, 6.45) is 0. The Morgan fingerprint density at radius 3 is 2.00 bits per heavy atom. The third-order valence-corrected chi connectivity index (χ3v) is 0.525. The van der Waals surface area contributed by atoms with Gasteiger partial charge in [0.05, 0.1) is 0 Å². The average Bonchev–Trinajstić information content (AvgIpc) is 1.37. The van der Waals surface area contributed by atoms with Crippen LogP contribution in [0, 0.1) is 0 Å². The molecule has 0 spiro atoms. The van der Waals surface area contributed by atoms with Crippen molar-refractivity contribution < 1.29 is 23.3 Å². The maximum atomic E-state index is 10.3. The molecule has 5 heteroatoms. The maximum absolute atomic E-state index is 10.3. The molecule has 0 aromatic rings. The van der Waals surface area contributed by atoms with Crippen molar-refractivity contribution in [1.82, 2.24) is 0 Å². The zero-order chi connectivity index (χ0) is 3.41. The molecule has 0 aliphatic carbocycles. The summed E-state index contributed by atoms with van der Waals surface area (Å²) in [6, 6.07) is 0. The Labute approximate surface area is 58.3 Å². The second-order valence-corrected chi connectivity index (χ2v) is 1.60. The van der Waals surface area contributed by atoms with Crippen molar-refractivity contribution in [2.45, 2.75) is 0 Å². The van der Waals surface area contributed by atoms with Crippen LogP contribution < -0.4 is 18.9 Å². The number of hydrogen-bond acceptors (Lipinski definition) is 1. The van der Waals surface area contributed by atoms with E-state index < -0.39 is 0 Å². The standard InChI is InChI=1S/FINS.Li/c1-3-4-2;/q-1;+1. The second-order valence-electron chi connectivity index (χ2n) is 0.138. The van der Waals surface area contributed by atoms with E-state index in [1.165, 1.54) is 0 Å². The molecule has 0 amide bonds. The first-order chi connectivity index (χ1) is 1.91. The smallest absolute Gasteiger partial charge is 0.427 e. The van der Waals surface area contributed by atoms with Crippen molar-refractivity contribution in [3.63, 3.8) is 0 Å². The first kappa shape index (κ1) is 9.76. The number of rotatable bonds is 1. The molecular formula is FILiNS. The number of hydrogen-bond donors (Lipinski definition) is 0. The van der Waals surface area contributed by atoms with Crippen molar-refractivity contribution in [2.24, 2.45) is 0 Å². The monoisotopic (exact) mass is 199 g/mol. The molecule has 26 valence electrons. The zero-order valence-corrected chi connectivity index (χ0v) is 5.59. The molecule has 0 aliphatic rings. The Kier molecular flexibility index (Phi) is 17.8. The molecule has 0 atom stereocenters. The van der Waals surface area contributed by atoms with Crippen molar-refractivity contribution in [2.75, 3.05) is 0 Å². The number of nitrogens with zero attached hydrogens (tertiary/aromatic N) is 1. The fourth-order valence-electron chi connectivity index (χ4n) is 0. The van der Waals surface area contributed by atoms with Crippen molar-refractivity contribution in [1.29, 1.82) is 0 Å². The molecule has 0 bridgehead atoms. The molecule has 0 aromatic carbocycles. The van der Waals surface area contributed by atoms with Gasteiger partial charge in [0.1, 0.15) is 0 Å². The van der Waals surface area contributed by atoms with E-state index in [4.69, 9.17) is 0 Å². The molecule has 0 saturated carbocycles. The normalized spacial score (nSPS) is 6.00. The molecule has 0 heterocycles. The average molecular weight is 199 g/mol. The summed E-state index contributed by atoms with van der Waals surface area (Å²) in [5, 5.41) is 0. The third kappa shape index (κ3) is 10.7. The first-order valence-corrected chi connectivity index (χ1v) is 3.82. The predicted molar refractivity (Wildman–Crippen MR) is 26.1 cm³/mol. The Morgan fingerprint density at radius 1 is 1.80 bits per heavy atom. The molecule has 0 saturated heterocycles. The SMILES string of the molecule is F[N-]SI.[Li+]. The molecule has 0 unspecified atom stereocenters. The summed E-state index contributed by atoms with van der Waals surface area (Å²) in [5.41, 5.74) is 0. The molecule has 0 aromatic heterocycles. The summed E-state index contributed by atoms with van der Waals surface area (Å²) in [5.74, 6) is 0. The van der Waals surface area contributed by atoms with Crippen LogP contribution in [-0.2, 0) is 0 Å². The van der Waals surface area contributed by atoms with E-state index in [2.05, 4.69) is 4.94 Å². The van der Waals surface area contributed by atoms with Crippen molar-refractivity contribution in [3.8, 4) is 0 Å². The summed E-state index contributed by atoms with van der Waals surface area (Å²) in [4.78, 5) is 2.14. The predicted octanol–water partition coefficient (Wildman–Crippen LogP) is -0.753. The Morgan fingerprint density at radius 2 is 2.00 bits per heavy atom. The van der Waals surface area contributed by atoms with E-state index in [9.17, 15) is 4.48 Å². The van der Waals surface area contributed by atoms with Gasteiger partial charge in [0, 0.05) is 0 Å². The van der Waals surface area contributed by atoms with E-state index in [1.807, 2.05) is 0 Å². The zero-order valence-electron chi connectivity index (χ0n) is 2.61. The van der Waals surface area contributed by atoms with Gasteiger partial charge in [-0.25, -0.2) is 0 Å². The summed E-state index contributed by atoms with van der Waals surface area (Å²) >= 11 is 1.73. The van der Waals surface area contributed by atoms with Gasteiger partial charge in [-0.05, 0) is 21.2 Å². The third-order valence-electron chi connectivity index (χ3n) is 0.0261. The minimum absolute atomic E-state index is 0. The maximum Gasteiger partial charge on any atom is 1.00 e. The van der Waals surface area contributed by atoms with E-state index in [-0.39, 0.29) is 18.9 Å². The van der Waals surface area contributed by atoms with Crippen LogP contribution in [0.3, 0.4) is 0 Å². The van der Waals surface area contributed by atoms with Gasteiger partial charge in [-0.3, -0.25) is 0 Å². The minimum atomic E-state index is 0. The summed E-state index contributed by atoms with van der Waals surface area (Å²) < 4.78 is 10.3. The van der Waals surface area contributed by atoms with Crippen molar-refractivity contribution >= 4 is 30.3 Å². The van der Waals surface area contributed by atoms with Gasteiger partial charge in [-0.2, -0.15) is 9.12 Å². The van der Waals surface area contributed by atoms with Gasteiger partial charge < -0.3 is 9.43 Å². The van der Waals surface area contributed by atoms with Crippen LogP contribution in [0.2, 0.25) is 0 Å². The Bertz CT molecular complexity index is 13.6. The van der Waals surface area contributed by atoms with Crippen LogP contribution in [0.4, 0.5) is 4.48 Å². The quantitative estimate of drug-likeness (QED) is 0.307. The van der Waals surface area contributed by atoms with Gasteiger partial charge in [0.2, 0.25) is 0 Å². The van der Waals surface area contributed by atoms with Crippen LogP contribution in [0.1, 0.15) is 0 Å². The van der Waals surface area contributed by atoms with Gasteiger partial charge in [0.15, 0.2) is 0 Å². The van der Waals surface area contributed by atoms with Crippen molar-refractivity contribution in [3.05, 3.63) is 4.94 Å². The van der Waals surface area contributed by atoms with E-state index in [0.29, 0.717) is 0 Å². The fourth-order valence-corrected chi connectivity index (χ4v) is 0. The molecule has 0 N–H and O–H groups in total.